The first-order valence-corrected chi connectivity index (χ1v) is 4.89. The summed E-state index contributed by atoms with van der Waals surface area (Å²) >= 11 is 0. The number of hydrogen-bond acceptors (Lipinski definition) is 4. The average Bonchev–Trinajstić information content (AvgIpc) is 2.28. The first kappa shape index (κ1) is 12.0. The molecule has 1 rings (SSSR count). The molecule has 0 saturated heterocycles. The molecule has 5 nitrogen and oxygen atoms in total. The van der Waals surface area contributed by atoms with E-state index in [2.05, 4.69) is 10.3 Å². The Morgan fingerprint density at radius 3 is 2.81 bits per heavy atom. The van der Waals surface area contributed by atoms with Gasteiger partial charge in [-0.1, -0.05) is 6.07 Å². The Morgan fingerprint density at radius 2 is 2.25 bits per heavy atom. The van der Waals surface area contributed by atoms with Gasteiger partial charge in [0.2, 0.25) is 5.91 Å². The lowest BCUT2D eigenvalue weighted by molar-refractivity contribution is -0.129. The van der Waals surface area contributed by atoms with Gasteiger partial charge in [0.1, 0.15) is 23.6 Å². The normalized spacial score (nSPS) is 11.4. The third-order valence-corrected chi connectivity index (χ3v) is 2.04. The zero-order chi connectivity index (χ0) is 12.1. The third kappa shape index (κ3) is 2.95. The van der Waals surface area contributed by atoms with Crippen molar-refractivity contribution in [1.82, 2.24) is 9.88 Å². The van der Waals surface area contributed by atoms with Gasteiger partial charge < -0.3 is 10.2 Å². The van der Waals surface area contributed by atoms with Crippen LogP contribution >= 0.6 is 0 Å². The van der Waals surface area contributed by atoms with E-state index in [1.54, 1.807) is 39.2 Å². The van der Waals surface area contributed by atoms with Crippen molar-refractivity contribution in [3.63, 3.8) is 0 Å². The van der Waals surface area contributed by atoms with Gasteiger partial charge >= 0.3 is 0 Å². The van der Waals surface area contributed by atoms with Crippen molar-refractivity contribution in [3.8, 4) is 6.07 Å². The quantitative estimate of drug-likeness (QED) is 0.816. The number of aromatic nitrogens is 1. The number of nitrogens with zero attached hydrogens (tertiary/aromatic N) is 3. The Labute approximate surface area is 94.7 Å². The zero-order valence-corrected chi connectivity index (χ0v) is 9.56. The minimum absolute atomic E-state index is 0.0378. The summed E-state index contributed by atoms with van der Waals surface area (Å²) in [6, 6.07) is 6.64. The molecule has 0 aromatic carbocycles. The number of carbonyl (C=O) groups is 1. The standard InChI is InChI=1S/C11H14N4O/c1-8(11(16)15(2)3)13-10-6-4-5-9(7-12)14-10/h4-6,8H,1-3H3,(H,13,14). The minimum atomic E-state index is -0.364. The first-order chi connectivity index (χ1) is 7.54. The second-order valence-electron chi connectivity index (χ2n) is 3.62. The van der Waals surface area contributed by atoms with Crippen LogP contribution in [-0.4, -0.2) is 35.9 Å². The number of anilines is 1. The summed E-state index contributed by atoms with van der Waals surface area (Å²) in [5.74, 6) is 0.492. The van der Waals surface area contributed by atoms with Crippen LogP contribution in [-0.2, 0) is 4.79 Å². The number of carbonyl (C=O) groups excluding carboxylic acids is 1. The van der Waals surface area contributed by atoms with Gasteiger partial charge in [-0.3, -0.25) is 4.79 Å². The molecule has 0 radical (unpaired) electrons. The van der Waals surface area contributed by atoms with Crippen LogP contribution in [0.5, 0.6) is 0 Å². The monoisotopic (exact) mass is 218 g/mol. The van der Waals surface area contributed by atoms with E-state index < -0.39 is 0 Å². The highest BCUT2D eigenvalue weighted by molar-refractivity contribution is 5.83. The number of hydrogen-bond donors (Lipinski definition) is 1. The molecule has 16 heavy (non-hydrogen) atoms. The third-order valence-electron chi connectivity index (χ3n) is 2.04. The van der Waals surface area contributed by atoms with Crippen molar-refractivity contribution in [3.05, 3.63) is 23.9 Å². The van der Waals surface area contributed by atoms with Crippen molar-refractivity contribution < 1.29 is 4.79 Å². The molecular weight excluding hydrogens is 204 g/mol. The van der Waals surface area contributed by atoms with Gasteiger partial charge in [0, 0.05) is 14.1 Å². The number of amides is 1. The fraction of sp³-hybridized carbons (Fsp3) is 0.364. The van der Waals surface area contributed by atoms with Crippen LogP contribution in [0.15, 0.2) is 18.2 Å². The maximum Gasteiger partial charge on any atom is 0.244 e. The van der Waals surface area contributed by atoms with E-state index >= 15 is 0 Å². The smallest absolute Gasteiger partial charge is 0.244 e. The molecule has 1 amide bonds. The van der Waals surface area contributed by atoms with E-state index in [4.69, 9.17) is 5.26 Å². The summed E-state index contributed by atoms with van der Waals surface area (Å²) in [4.78, 5) is 17.1. The van der Waals surface area contributed by atoms with Crippen molar-refractivity contribution in [2.75, 3.05) is 19.4 Å². The minimum Gasteiger partial charge on any atom is -0.359 e. The zero-order valence-electron chi connectivity index (χ0n) is 9.56. The van der Waals surface area contributed by atoms with E-state index in [0.717, 1.165) is 0 Å². The van der Waals surface area contributed by atoms with Crippen LogP contribution in [0.25, 0.3) is 0 Å². The fourth-order valence-corrected chi connectivity index (χ4v) is 1.25. The molecule has 0 bridgehead atoms. The van der Waals surface area contributed by atoms with Crippen molar-refractivity contribution in [2.24, 2.45) is 0 Å². The maximum atomic E-state index is 11.6. The maximum absolute atomic E-state index is 11.6. The highest BCUT2D eigenvalue weighted by Gasteiger charge is 2.14. The molecular formula is C11H14N4O. The lowest BCUT2D eigenvalue weighted by atomic mass is 10.3. The molecule has 1 heterocycles. The number of pyridine rings is 1. The van der Waals surface area contributed by atoms with Crippen molar-refractivity contribution in [1.29, 1.82) is 5.26 Å². The van der Waals surface area contributed by atoms with Crippen LogP contribution in [0.3, 0.4) is 0 Å². The summed E-state index contributed by atoms with van der Waals surface area (Å²) in [7, 11) is 3.39. The Hall–Kier alpha value is -2.09. The van der Waals surface area contributed by atoms with Crippen molar-refractivity contribution >= 4 is 11.7 Å². The molecule has 1 N–H and O–H groups in total. The predicted molar refractivity (Wildman–Crippen MR) is 60.7 cm³/mol. The molecule has 0 aliphatic rings. The van der Waals surface area contributed by atoms with Crippen LogP contribution < -0.4 is 5.32 Å². The Bertz CT molecular complexity index is 422. The van der Waals surface area contributed by atoms with Gasteiger partial charge in [0.15, 0.2) is 0 Å². The summed E-state index contributed by atoms with van der Waals surface area (Å²) in [6.45, 7) is 1.75. The Balaban J connectivity index is 2.74. The molecule has 0 aliphatic heterocycles. The molecule has 1 aromatic heterocycles. The number of nitrogens with one attached hydrogen (secondary N) is 1. The summed E-state index contributed by atoms with van der Waals surface area (Å²) < 4.78 is 0. The second kappa shape index (κ2) is 5.12. The molecule has 1 unspecified atom stereocenters. The van der Waals surface area contributed by atoms with E-state index in [1.165, 1.54) is 4.90 Å². The molecule has 1 aromatic rings. The van der Waals surface area contributed by atoms with Crippen LogP contribution in [0.1, 0.15) is 12.6 Å². The molecule has 0 aliphatic carbocycles. The molecule has 5 heteroatoms. The van der Waals surface area contributed by atoms with E-state index in [1.807, 2.05) is 6.07 Å². The number of rotatable bonds is 3. The average molecular weight is 218 g/mol. The number of nitriles is 1. The number of likely N-dealkylation sites (N-methyl/N-ethyl adjacent to an activating group) is 1. The Morgan fingerprint density at radius 1 is 1.56 bits per heavy atom. The summed E-state index contributed by atoms with van der Waals surface area (Å²) in [5, 5.41) is 11.6. The van der Waals surface area contributed by atoms with Gasteiger partial charge in [-0.25, -0.2) is 4.98 Å². The predicted octanol–water partition coefficient (Wildman–Crippen LogP) is 0.842. The van der Waals surface area contributed by atoms with E-state index in [-0.39, 0.29) is 11.9 Å². The summed E-state index contributed by atoms with van der Waals surface area (Å²) in [6.07, 6.45) is 0. The SMILES string of the molecule is CC(Nc1cccc(C#N)n1)C(=O)N(C)C. The van der Waals surface area contributed by atoms with Gasteiger partial charge in [0.25, 0.3) is 0 Å². The van der Waals surface area contributed by atoms with Crippen LogP contribution in [0.4, 0.5) is 5.82 Å². The molecule has 0 spiro atoms. The lowest BCUT2D eigenvalue weighted by Gasteiger charge is -2.18. The highest BCUT2D eigenvalue weighted by atomic mass is 16.2. The van der Waals surface area contributed by atoms with E-state index in [0.29, 0.717) is 11.5 Å². The van der Waals surface area contributed by atoms with Gasteiger partial charge in [-0.05, 0) is 19.1 Å². The Kier molecular flexibility index (Phi) is 3.84. The highest BCUT2D eigenvalue weighted by Crippen LogP contribution is 2.06. The molecule has 84 valence electrons. The fourth-order valence-electron chi connectivity index (χ4n) is 1.25. The van der Waals surface area contributed by atoms with Gasteiger partial charge in [0.05, 0.1) is 0 Å². The summed E-state index contributed by atoms with van der Waals surface area (Å²) in [5.41, 5.74) is 0.328. The molecule has 1 atom stereocenters. The molecule has 0 saturated carbocycles. The van der Waals surface area contributed by atoms with Crippen molar-refractivity contribution in [2.45, 2.75) is 13.0 Å². The first-order valence-electron chi connectivity index (χ1n) is 4.89. The van der Waals surface area contributed by atoms with Gasteiger partial charge in [-0.2, -0.15) is 5.26 Å². The topological polar surface area (TPSA) is 69.0 Å². The van der Waals surface area contributed by atoms with Crippen LogP contribution in [0, 0.1) is 11.3 Å². The molecule has 0 fully saturated rings. The lowest BCUT2D eigenvalue weighted by Crippen LogP contribution is -2.36. The largest absolute Gasteiger partial charge is 0.359 e. The van der Waals surface area contributed by atoms with Crippen LogP contribution in [0.2, 0.25) is 0 Å². The second-order valence-corrected chi connectivity index (χ2v) is 3.62. The van der Waals surface area contributed by atoms with Gasteiger partial charge in [-0.15, -0.1) is 0 Å². The van der Waals surface area contributed by atoms with E-state index in [9.17, 15) is 4.79 Å².